The number of carboxylic acids is 1. The van der Waals surface area contributed by atoms with Crippen LogP contribution in [0.4, 0.5) is 4.39 Å². The number of rotatable bonds is 4. The minimum Gasteiger partial charge on any atom is -0.481 e. The molecule has 1 heterocycles. The molecular formula is C14H12FNO3S. The monoisotopic (exact) mass is 293 g/mol. The fraction of sp³-hybridized carbons (Fsp3) is 0.286. The molecule has 0 saturated heterocycles. The van der Waals surface area contributed by atoms with Crippen molar-refractivity contribution in [2.24, 2.45) is 11.8 Å². The lowest BCUT2D eigenvalue weighted by Gasteiger charge is -2.01. The lowest BCUT2D eigenvalue weighted by atomic mass is 10.2. The van der Waals surface area contributed by atoms with Crippen LogP contribution in [0, 0.1) is 17.7 Å². The van der Waals surface area contributed by atoms with E-state index in [4.69, 9.17) is 5.11 Å². The molecule has 0 radical (unpaired) electrons. The predicted octanol–water partition coefficient (Wildman–Crippen LogP) is 2.38. The summed E-state index contributed by atoms with van der Waals surface area (Å²) in [6.07, 6.45) is 0.415. The first-order chi connectivity index (χ1) is 9.54. The van der Waals surface area contributed by atoms with Crippen molar-refractivity contribution < 1.29 is 19.1 Å². The number of benzene rings is 1. The molecule has 0 bridgehead atoms. The number of carboxylic acid groups (broad SMARTS) is 1. The highest BCUT2D eigenvalue weighted by Crippen LogP contribution is 2.38. The topological polar surface area (TPSA) is 66.4 Å². The lowest BCUT2D eigenvalue weighted by Crippen LogP contribution is -2.25. The fourth-order valence-corrected chi connectivity index (χ4v) is 3.20. The summed E-state index contributed by atoms with van der Waals surface area (Å²) in [5.74, 6) is -2.36. The Morgan fingerprint density at radius 1 is 1.35 bits per heavy atom. The smallest absolute Gasteiger partial charge is 0.307 e. The summed E-state index contributed by atoms with van der Waals surface area (Å²) in [5, 5.41) is 12.3. The van der Waals surface area contributed by atoms with Gasteiger partial charge in [-0.05, 0) is 36.1 Å². The molecule has 2 atom stereocenters. The Labute approximate surface area is 118 Å². The van der Waals surface area contributed by atoms with Crippen LogP contribution in [-0.4, -0.2) is 17.0 Å². The van der Waals surface area contributed by atoms with Crippen molar-refractivity contribution >= 4 is 33.3 Å². The maximum absolute atomic E-state index is 13.1. The van der Waals surface area contributed by atoms with Crippen molar-refractivity contribution in [2.75, 3.05) is 0 Å². The molecule has 6 heteroatoms. The van der Waals surface area contributed by atoms with Crippen molar-refractivity contribution in [3.8, 4) is 0 Å². The molecule has 2 N–H and O–H groups in total. The zero-order valence-electron chi connectivity index (χ0n) is 10.4. The quantitative estimate of drug-likeness (QED) is 0.909. The van der Waals surface area contributed by atoms with Gasteiger partial charge in [0.05, 0.1) is 18.4 Å². The van der Waals surface area contributed by atoms with E-state index in [0.717, 1.165) is 15.0 Å². The predicted molar refractivity (Wildman–Crippen MR) is 72.9 cm³/mol. The van der Waals surface area contributed by atoms with E-state index in [-0.39, 0.29) is 11.7 Å². The van der Waals surface area contributed by atoms with Gasteiger partial charge in [0.2, 0.25) is 5.91 Å². The first-order valence-electron chi connectivity index (χ1n) is 6.23. The maximum atomic E-state index is 13.1. The van der Waals surface area contributed by atoms with Crippen LogP contribution in [-0.2, 0) is 16.1 Å². The normalized spacial score (nSPS) is 20.9. The zero-order valence-corrected chi connectivity index (χ0v) is 11.2. The summed E-state index contributed by atoms with van der Waals surface area (Å²) in [6, 6.07) is 6.41. The summed E-state index contributed by atoms with van der Waals surface area (Å²) >= 11 is 1.49. The molecule has 0 aliphatic heterocycles. The number of nitrogens with one attached hydrogen (secondary N) is 1. The van der Waals surface area contributed by atoms with Gasteiger partial charge in [0.25, 0.3) is 0 Å². The van der Waals surface area contributed by atoms with Gasteiger partial charge in [-0.25, -0.2) is 4.39 Å². The Morgan fingerprint density at radius 2 is 2.15 bits per heavy atom. The number of carbonyl (C=O) groups is 2. The average Bonchev–Trinajstić information content (AvgIpc) is 3.11. The molecule has 1 fully saturated rings. The minimum atomic E-state index is -0.914. The number of aliphatic carboxylic acids is 1. The number of thiophene rings is 1. The molecule has 0 spiro atoms. The van der Waals surface area contributed by atoms with Gasteiger partial charge in [-0.3, -0.25) is 9.59 Å². The molecule has 1 aromatic heterocycles. The maximum Gasteiger partial charge on any atom is 0.307 e. The minimum absolute atomic E-state index is 0.221. The van der Waals surface area contributed by atoms with Gasteiger partial charge in [0, 0.05) is 9.58 Å². The van der Waals surface area contributed by atoms with Gasteiger partial charge in [-0.15, -0.1) is 11.3 Å². The largest absolute Gasteiger partial charge is 0.481 e. The van der Waals surface area contributed by atoms with Crippen molar-refractivity contribution in [2.45, 2.75) is 13.0 Å². The Hall–Kier alpha value is -1.95. The number of fused-ring (bicyclic) bond motifs is 1. The van der Waals surface area contributed by atoms with Gasteiger partial charge >= 0.3 is 5.97 Å². The van der Waals surface area contributed by atoms with Gasteiger partial charge < -0.3 is 10.4 Å². The number of hydrogen-bond donors (Lipinski definition) is 2. The van der Waals surface area contributed by atoms with Crippen LogP contribution < -0.4 is 5.32 Å². The summed E-state index contributed by atoms with van der Waals surface area (Å²) in [4.78, 5) is 23.3. The summed E-state index contributed by atoms with van der Waals surface area (Å²) in [5.41, 5.74) is 0. The van der Waals surface area contributed by atoms with Crippen molar-refractivity contribution in [3.05, 3.63) is 35.0 Å². The Kier molecular flexibility index (Phi) is 3.17. The third-order valence-corrected chi connectivity index (χ3v) is 4.53. The van der Waals surface area contributed by atoms with Crippen LogP contribution in [0.5, 0.6) is 0 Å². The number of hydrogen-bond acceptors (Lipinski definition) is 3. The molecule has 1 amide bonds. The van der Waals surface area contributed by atoms with E-state index in [9.17, 15) is 14.0 Å². The third kappa shape index (κ3) is 2.51. The van der Waals surface area contributed by atoms with Crippen molar-refractivity contribution in [3.63, 3.8) is 0 Å². The first-order valence-corrected chi connectivity index (χ1v) is 7.05. The van der Waals surface area contributed by atoms with Crippen LogP contribution in [0.15, 0.2) is 24.3 Å². The SMILES string of the molecule is O=C(O)C1CC1C(=O)NCc1cc2cc(F)ccc2s1. The standard InChI is InChI=1S/C14H12FNO3S/c15-8-1-2-12-7(3-8)4-9(20-12)6-16-13(17)10-5-11(10)14(18)19/h1-4,10-11H,5-6H2,(H,16,17)(H,18,19). The Bertz CT molecular complexity index is 697. The van der Waals surface area contributed by atoms with E-state index < -0.39 is 17.8 Å². The van der Waals surface area contributed by atoms with Gasteiger partial charge in [-0.2, -0.15) is 0 Å². The van der Waals surface area contributed by atoms with Gasteiger partial charge in [0.15, 0.2) is 0 Å². The Balaban J connectivity index is 1.63. The average molecular weight is 293 g/mol. The highest BCUT2D eigenvalue weighted by molar-refractivity contribution is 7.19. The van der Waals surface area contributed by atoms with E-state index in [1.165, 1.54) is 23.5 Å². The molecule has 20 heavy (non-hydrogen) atoms. The van der Waals surface area contributed by atoms with Crippen molar-refractivity contribution in [1.82, 2.24) is 5.32 Å². The second kappa shape index (κ2) is 4.86. The molecule has 3 rings (SSSR count). The molecule has 1 aliphatic rings. The lowest BCUT2D eigenvalue weighted by molar-refractivity contribution is -0.140. The van der Waals surface area contributed by atoms with Gasteiger partial charge in [0.1, 0.15) is 5.82 Å². The van der Waals surface area contributed by atoms with Crippen LogP contribution >= 0.6 is 11.3 Å². The second-order valence-electron chi connectivity index (χ2n) is 4.90. The molecule has 4 nitrogen and oxygen atoms in total. The fourth-order valence-electron chi connectivity index (χ4n) is 2.22. The summed E-state index contributed by atoms with van der Waals surface area (Å²) < 4.78 is 14.0. The molecule has 104 valence electrons. The number of carbonyl (C=O) groups excluding carboxylic acids is 1. The molecule has 1 aliphatic carbocycles. The molecule has 2 aromatic rings. The zero-order chi connectivity index (χ0) is 14.3. The molecule has 1 aromatic carbocycles. The van der Waals surface area contributed by atoms with E-state index in [1.54, 1.807) is 6.07 Å². The van der Waals surface area contributed by atoms with Gasteiger partial charge in [-0.1, -0.05) is 0 Å². The molecule has 2 unspecified atom stereocenters. The third-order valence-electron chi connectivity index (χ3n) is 3.41. The van der Waals surface area contributed by atoms with Crippen molar-refractivity contribution in [1.29, 1.82) is 0 Å². The van der Waals surface area contributed by atoms with E-state index >= 15 is 0 Å². The van der Waals surface area contributed by atoms with Crippen LogP contribution in [0.2, 0.25) is 0 Å². The Morgan fingerprint density at radius 3 is 2.85 bits per heavy atom. The second-order valence-corrected chi connectivity index (χ2v) is 6.07. The highest BCUT2D eigenvalue weighted by atomic mass is 32.1. The molecular weight excluding hydrogens is 281 g/mol. The highest BCUT2D eigenvalue weighted by Gasteiger charge is 2.48. The van der Waals surface area contributed by atoms with E-state index in [2.05, 4.69) is 5.32 Å². The summed E-state index contributed by atoms with van der Waals surface area (Å²) in [6.45, 7) is 0.350. The first kappa shape index (κ1) is 13.1. The molecule has 1 saturated carbocycles. The van der Waals surface area contributed by atoms with Crippen LogP contribution in [0.1, 0.15) is 11.3 Å². The summed E-state index contributed by atoms with van der Waals surface area (Å²) in [7, 11) is 0. The van der Waals surface area contributed by atoms with E-state index in [1.807, 2.05) is 6.07 Å². The van der Waals surface area contributed by atoms with Crippen LogP contribution in [0.25, 0.3) is 10.1 Å². The number of halogens is 1. The van der Waals surface area contributed by atoms with E-state index in [0.29, 0.717) is 13.0 Å². The number of amides is 1. The van der Waals surface area contributed by atoms with Crippen LogP contribution in [0.3, 0.4) is 0 Å².